The molecule has 0 bridgehead atoms. The summed E-state index contributed by atoms with van der Waals surface area (Å²) in [5.41, 5.74) is 0. The Labute approximate surface area is 495 Å². The van der Waals surface area contributed by atoms with Gasteiger partial charge in [0.2, 0.25) is 0 Å². The van der Waals surface area contributed by atoms with Crippen LogP contribution in [0.2, 0.25) is 0 Å². The first-order valence-electron chi connectivity index (χ1n) is 33.9. The third kappa shape index (κ3) is 64.9. The molecule has 0 aromatic heterocycles. The lowest BCUT2D eigenvalue weighted by molar-refractivity contribution is -0.167. The molecule has 1 unspecified atom stereocenters. The molecule has 458 valence electrons. The van der Waals surface area contributed by atoms with E-state index >= 15 is 0 Å². The lowest BCUT2D eigenvalue weighted by atomic mass is 10.0. The van der Waals surface area contributed by atoms with Crippen molar-refractivity contribution in [3.63, 3.8) is 0 Å². The molecule has 0 radical (unpaired) electrons. The zero-order chi connectivity index (χ0) is 57.8. The minimum Gasteiger partial charge on any atom is -0.462 e. The fourth-order valence-electron chi connectivity index (χ4n) is 9.45. The second-order valence-corrected chi connectivity index (χ2v) is 22.4. The number of carbonyl (C=O) groups excluding carboxylic acids is 3. The summed E-state index contributed by atoms with van der Waals surface area (Å²) in [5, 5.41) is 0. The molecule has 0 aromatic carbocycles. The van der Waals surface area contributed by atoms with Crippen LogP contribution in [0.3, 0.4) is 0 Å². The minimum atomic E-state index is -0.784. The summed E-state index contributed by atoms with van der Waals surface area (Å²) in [6.45, 7) is 6.52. The Morgan fingerprint density at radius 3 is 0.762 bits per heavy atom. The molecule has 0 N–H and O–H groups in total. The Hall–Kier alpha value is -3.93. The monoisotopic (exact) mass is 1110 g/mol. The van der Waals surface area contributed by atoms with Crippen molar-refractivity contribution in [3.05, 3.63) is 109 Å². The smallest absolute Gasteiger partial charge is 0.306 e. The molecule has 0 spiro atoms. The van der Waals surface area contributed by atoms with Crippen molar-refractivity contribution in [2.24, 2.45) is 0 Å². The van der Waals surface area contributed by atoms with Gasteiger partial charge in [-0.25, -0.2) is 0 Å². The van der Waals surface area contributed by atoms with E-state index in [9.17, 15) is 14.4 Å². The van der Waals surface area contributed by atoms with Gasteiger partial charge in [0.1, 0.15) is 13.2 Å². The first-order chi connectivity index (χ1) is 39.5. The molecule has 0 heterocycles. The summed E-state index contributed by atoms with van der Waals surface area (Å²) in [7, 11) is 0. The van der Waals surface area contributed by atoms with Crippen molar-refractivity contribution < 1.29 is 28.6 Å². The molecule has 0 aliphatic carbocycles. The van der Waals surface area contributed by atoms with Crippen LogP contribution in [-0.4, -0.2) is 37.2 Å². The van der Waals surface area contributed by atoms with E-state index in [1.807, 2.05) is 0 Å². The Morgan fingerprint density at radius 1 is 0.263 bits per heavy atom. The van der Waals surface area contributed by atoms with Gasteiger partial charge >= 0.3 is 17.9 Å². The summed E-state index contributed by atoms with van der Waals surface area (Å²) in [5.74, 6) is -0.885. The highest BCUT2D eigenvalue weighted by atomic mass is 16.6. The maximum Gasteiger partial charge on any atom is 0.306 e. The molecule has 1 atom stereocenters. The van der Waals surface area contributed by atoms with Crippen LogP contribution in [0.25, 0.3) is 0 Å². The predicted octanol–water partition coefficient (Wildman–Crippen LogP) is 23.4. The van der Waals surface area contributed by atoms with Crippen molar-refractivity contribution in [1.82, 2.24) is 0 Å². The van der Waals surface area contributed by atoms with E-state index in [1.165, 1.54) is 167 Å². The average molecular weight is 1110 g/mol. The molecule has 0 rings (SSSR count). The largest absolute Gasteiger partial charge is 0.462 e. The van der Waals surface area contributed by atoms with Crippen LogP contribution >= 0.6 is 0 Å². The molecule has 0 fully saturated rings. The number of allylic oxidation sites excluding steroid dienone is 18. The molecule has 0 aromatic rings. The first kappa shape index (κ1) is 76.1. The van der Waals surface area contributed by atoms with Crippen molar-refractivity contribution in [2.45, 2.75) is 329 Å². The summed E-state index contributed by atoms with van der Waals surface area (Å²) in [4.78, 5) is 38.3. The van der Waals surface area contributed by atoms with E-state index in [4.69, 9.17) is 14.2 Å². The van der Waals surface area contributed by atoms with Crippen LogP contribution in [0, 0.1) is 0 Å². The summed E-state index contributed by atoms with van der Waals surface area (Å²) >= 11 is 0. The van der Waals surface area contributed by atoms with E-state index in [0.717, 1.165) is 116 Å². The highest BCUT2D eigenvalue weighted by Crippen LogP contribution is 2.16. The molecular formula is C74H126O6. The molecule has 80 heavy (non-hydrogen) atoms. The average Bonchev–Trinajstić information content (AvgIpc) is 3.46. The van der Waals surface area contributed by atoms with Crippen molar-refractivity contribution in [2.75, 3.05) is 13.2 Å². The lowest BCUT2D eigenvalue weighted by Gasteiger charge is -2.18. The first-order valence-corrected chi connectivity index (χ1v) is 33.9. The molecule has 0 amide bonds. The fourth-order valence-corrected chi connectivity index (χ4v) is 9.45. The van der Waals surface area contributed by atoms with E-state index < -0.39 is 6.10 Å². The molecule has 0 saturated carbocycles. The number of unbranched alkanes of at least 4 members (excludes halogenated alkanes) is 32. The van der Waals surface area contributed by atoms with Crippen LogP contribution in [0.5, 0.6) is 0 Å². The molecule has 6 nitrogen and oxygen atoms in total. The van der Waals surface area contributed by atoms with Crippen molar-refractivity contribution in [3.8, 4) is 0 Å². The van der Waals surface area contributed by atoms with E-state index in [-0.39, 0.29) is 31.1 Å². The second kappa shape index (κ2) is 67.6. The van der Waals surface area contributed by atoms with Crippen LogP contribution in [0.15, 0.2) is 109 Å². The Balaban J connectivity index is 4.26. The van der Waals surface area contributed by atoms with Gasteiger partial charge in [-0.15, -0.1) is 0 Å². The van der Waals surface area contributed by atoms with Crippen molar-refractivity contribution in [1.29, 1.82) is 0 Å². The highest BCUT2D eigenvalue weighted by Gasteiger charge is 2.19. The number of rotatable bonds is 61. The van der Waals surface area contributed by atoms with Crippen LogP contribution in [0.4, 0.5) is 0 Å². The molecule has 6 heteroatoms. The predicted molar refractivity (Wildman–Crippen MR) is 348 cm³/mol. The maximum atomic E-state index is 12.9. The van der Waals surface area contributed by atoms with Crippen molar-refractivity contribution >= 4 is 17.9 Å². The standard InChI is InChI=1S/C74H126O6/c1-4-7-10-13-16-19-22-24-26-28-30-32-34-35-36-37-38-39-41-42-44-46-48-50-52-55-58-61-64-67-73(76)79-70-71(69-78-72(75)66-63-60-57-54-21-18-15-12-9-6-3)80-74(77)68-65-62-59-56-53-51-49-47-45-43-40-33-31-29-27-25-23-20-17-14-11-8-5-2/h7,10,16,19,23-26,29-32,35-36,38-39,42,44,71H,4-6,8-9,11-15,17-18,20-22,27-28,33-34,37,40-41,43,45-70H2,1-3H3/b10-7-,19-16-,25-23-,26-24-,31-29-,32-30-,36-35-,39-38-,44-42-. The van der Waals surface area contributed by atoms with Crippen LogP contribution < -0.4 is 0 Å². The topological polar surface area (TPSA) is 78.9 Å². The Morgan fingerprint density at radius 2 is 0.487 bits per heavy atom. The van der Waals surface area contributed by atoms with Crippen LogP contribution in [0.1, 0.15) is 323 Å². The van der Waals surface area contributed by atoms with Gasteiger partial charge in [0.25, 0.3) is 0 Å². The zero-order valence-corrected chi connectivity index (χ0v) is 52.6. The quantitative estimate of drug-likeness (QED) is 0.0261. The third-order valence-electron chi connectivity index (χ3n) is 14.5. The third-order valence-corrected chi connectivity index (χ3v) is 14.5. The van der Waals surface area contributed by atoms with Gasteiger partial charge in [0.05, 0.1) is 0 Å². The van der Waals surface area contributed by atoms with Gasteiger partial charge in [-0.3, -0.25) is 14.4 Å². The van der Waals surface area contributed by atoms with Crippen LogP contribution in [-0.2, 0) is 28.6 Å². The lowest BCUT2D eigenvalue weighted by Crippen LogP contribution is -2.30. The summed E-state index contributed by atoms with van der Waals surface area (Å²) in [6, 6.07) is 0. The van der Waals surface area contributed by atoms with Gasteiger partial charge in [-0.05, 0) is 109 Å². The molecular weight excluding hydrogens is 985 g/mol. The number of hydrogen-bond donors (Lipinski definition) is 0. The van der Waals surface area contributed by atoms with Gasteiger partial charge in [-0.1, -0.05) is 304 Å². The summed E-state index contributed by atoms with van der Waals surface area (Å²) in [6.07, 6.45) is 92.5. The summed E-state index contributed by atoms with van der Waals surface area (Å²) < 4.78 is 16.9. The maximum absolute atomic E-state index is 12.9. The molecule has 0 saturated heterocycles. The van der Waals surface area contributed by atoms with Gasteiger partial charge in [0.15, 0.2) is 6.10 Å². The Kier molecular flexibility index (Phi) is 64.3. The normalized spacial score (nSPS) is 12.8. The van der Waals surface area contributed by atoms with E-state index in [0.29, 0.717) is 19.3 Å². The minimum absolute atomic E-state index is 0.0802. The van der Waals surface area contributed by atoms with E-state index in [2.05, 4.69) is 130 Å². The fraction of sp³-hybridized carbons (Fsp3) is 0.716. The van der Waals surface area contributed by atoms with Gasteiger partial charge in [-0.2, -0.15) is 0 Å². The Bertz CT molecular complexity index is 1610. The van der Waals surface area contributed by atoms with Gasteiger partial charge in [0, 0.05) is 19.3 Å². The SMILES string of the molecule is CC/C=C\C/C=C\C/C=C\C/C=C\C/C=C\C/C=C\C/C=C\CCCCCCCCCC(=O)OCC(COC(=O)CCCCCCCCCCCC)OC(=O)CCCCCCCCCCCCC/C=C\C/C=C\CCCCCCC. The number of esters is 3. The second-order valence-electron chi connectivity index (χ2n) is 22.4. The molecule has 0 aliphatic heterocycles. The zero-order valence-electron chi connectivity index (χ0n) is 52.6. The number of carbonyl (C=O) groups is 3. The van der Waals surface area contributed by atoms with E-state index in [1.54, 1.807) is 0 Å². The van der Waals surface area contributed by atoms with Gasteiger partial charge < -0.3 is 14.2 Å². The molecule has 0 aliphatic rings. The number of hydrogen-bond acceptors (Lipinski definition) is 6. The number of ether oxygens (including phenoxy) is 3. The highest BCUT2D eigenvalue weighted by molar-refractivity contribution is 5.71.